The Morgan fingerprint density at radius 1 is 1.16 bits per heavy atom. The van der Waals surface area contributed by atoms with Crippen molar-refractivity contribution < 1.29 is 9.53 Å². The third-order valence-corrected chi connectivity index (χ3v) is 3.93. The molecule has 25 heavy (non-hydrogen) atoms. The molecule has 1 aromatic heterocycles. The van der Waals surface area contributed by atoms with E-state index in [4.69, 9.17) is 4.74 Å². The number of aromatic nitrogens is 2. The maximum Gasteiger partial charge on any atom is 0.254 e. The van der Waals surface area contributed by atoms with Gasteiger partial charge in [-0.2, -0.15) is 0 Å². The lowest BCUT2D eigenvalue weighted by molar-refractivity contribution is 0.0781. The summed E-state index contributed by atoms with van der Waals surface area (Å²) in [5.74, 6) is 0.707. The highest BCUT2D eigenvalue weighted by Gasteiger charge is 2.14. The lowest BCUT2D eigenvalue weighted by atomic mass is 10.1. The molecule has 5 nitrogen and oxygen atoms in total. The lowest BCUT2D eigenvalue weighted by Crippen LogP contribution is -2.26. The minimum Gasteiger partial charge on any atom is -0.380 e. The zero-order chi connectivity index (χ0) is 17.6. The monoisotopic (exact) mass is 335 g/mol. The van der Waals surface area contributed by atoms with Crippen molar-refractivity contribution in [3.05, 3.63) is 77.7 Å². The average molecular weight is 335 g/mol. The van der Waals surface area contributed by atoms with Crippen molar-refractivity contribution in [3.8, 4) is 11.3 Å². The van der Waals surface area contributed by atoms with Gasteiger partial charge in [0.25, 0.3) is 5.91 Å². The van der Waals surface area contributed by atoms with Crippen molar-refractivity contribution in [1.82, 2.24) is 14.9 Å². The van der Waals surface area contributed by atoms with E-state index in [1.54, 1.807) is 25.3 Å². The molecule has 0 saturated carbocycles. The van der Waals surface area contributed by atoms with Crippen molar-refractivity contribution in [2.24, 2.45) is 0 Å². The quantitative estimate of drug-likeness (QED) is 0.750. The number of amides is 1. The van der Waals surface area contributed by atoms with Crippen LogP contribution >= 0.6 is 0 Å². The van der Waals surface area contributed by atoms with Crippen LogP contribution in [-0.4, -0.2) is 34.9 Å². The molecule has 0 fully saturated rings. The largest absolute Gasteiger partial charge is 0.380 e. The summed E-state index contributed by atoms with van der Waals surface area (Å²) in [4.78, 5) is 21.9. The number of carbonyl (C=O) groups excluding carboxylic acids is 1. The normalized spacial score (nSPS) is 10.6. The van der Waals surface area contributed by atoms with Crippen LogP contribution in [-0.2, 0) is 17.9 Å². The van der Waals surface area contributed by atoms with E-state index in [1.165, 1.54) is 0 Å². The Balaban J connectivity index is 1.70. The van der Waals surface area contributed by atoms with Crippen LogP contribution in [0.3, 0.4) is 0 Å². The molecule has 1 amide bonds. The Labute approximate surface area is 147 Å². The number of carbonyl (C=O) groups is 1. The number of nitrogens with one attached hydrogen (secondary N) is 1. The number of nitrogens with zero attached hydrogens (tertiary/aromatic N) is 2. The van der Waals surface area contributed by atoms with Gasteiger partial charge < -0.3 is 14.6 Å². The Morgan fingerprint density at radius 3 is 2.72 bits per heavy atom. The molecule has 0 radical (unpaired) electrons. The SMILES string of the molecule is COCc1cccc(C(=O)N(C)Cc2ncc(-c3ccccc3)[nH]2)c1. The number of aromatic amines is 1. The second kappa shape index (κ2) is 7.77. The number of ether oxygens (including phenoxy) is 1. The van der Waals surface area contributed by atoms with Gasteiger partial charge in [-0.3, -0.25) is 4.79 Å². The molecule has 0 spiro atoms. The number of benzene rings is 2. The number of methoxy groups -OCH3 is 1. The molecule has 128 valence electrons. The van der Waals surface area contributed by atoms with Crippen molar-refractivity contribution in [2.75, 3.05) is 14.2 Å². The van der Waals surface area contributed by atoms with Crippen molar-refractivity contribution >= 4 is 5.91 Å². The van der Waals surface area contributed by atoms with Crippen LogP contribution in [0.4, 0.5) is 0 Å². The average Bonchev–Trinajstić information content (AvgIpc) is 3.11. The second-order valence-electron chi connectivity index (χ2n) is 5.90. The Morgan fingerprint density at radius 2 is 1.96 bits per heavy atom. The fourth-order valence-electron chi connectivity index (χ4n) is 2.68. The Bertz CT molecular complexity index is 843. The van der Waals surface area contributed by atoms with Gasteiger partial charge in [0, 0.05) is 19.7 Å². The Hall–Kier alpha value is -2.92. The molecule has 0 unspecified atom stereocenters. The molecule has 0 atom stereocenters. The molecule has 0 bridgehead atoms. The standard InChI is InChI=1S/C20H21N3O2/c1-23(20(24)17-10-6-7-15(11-17)14-25-2)13-19-21-12-18(22-19)16-8-4-3-5-9-16/h3-12H,13-14H2,1-2H3,(H,21,22). The first-order chi connectivity index (χ1) is 12.2. The van der Waals surface area contributed by atoms with E-state index in [9.17, 15) is 4.79 Å². The van der Waals surface area contributed by atoms with Crippen LogP contribution in [0.15, 0.2) is 60.8 Å². The summed E-state index contributed by atoms with van der Waals surface area (Å²) in [5.41, 5.74) is 3.64. The first-order valence-corrected chi connectivity index (χ1v) is 8.10. The van der Waals surface area contributed by atoms with Crippen molar-refractivity contribution in [1.29, 1.82) is 0 Å². The molecular weight excluding hydrogens is 314 g/mol. The molecule has 0 aliphatic heterocycles. The highest BCUT2D eigenvalue weighted by Crippen LogP contribution is 2.17. The first kappa shape index (κ1) is 16.9. The van der Waals surface area contributed by atoms with E-state index in [1.807, 2.05) is 54.6 Å². The van der Waals surface area contributed by atoms with Crippen molar-refractivity contribution in [2.45, 2.75) is 13.2 Å². The van der Waals surface area contributed by atoms with Gasteiger partial charge >= 0.3 is 0 Å². The van der Waals surface area contributed by atoms with Gasteiger partial charge in [0.2, 0.25) is 0 Å². The summed E-state index contributed by atoms with van der Waals surface area (Å²) in [6.45, 7) is 0.906. The van der Waals surface area contributed by atoms with E-state index >= 15 is 0 Å². The summed E-state index contributed by atoms with van der Waals surface area (Å²) < 4.78 is 5.12. The summed E-state index contributed by atoms with van der Waals surface area (Å²) >= 11 is 0. The van der Waals surface area contributed by atoms with E-state index < -0.39 is 0 Å². The van der Waals surface area contributed by atoms with Gasteiger partial charge in [0.1, 0.15) is 5.82 Å². The molecule has 3 aromatic rings. The number of hydrogen-bond acceptors (Lipinski definition) is 3. The highest BCUT2D eigenvalue weighted by molar-refractivity contribution is 5.94. The van der Waals surface area contributed by atoms with E-state index in [-0.39, 0.29) is 5.91 Å². The summed E-state index contributed by atoms with van der Waals surface area (Å²) in [5, 5.41) is 0. The fraction of sp³-hybridized carbons (Fsp3) is 0.200. The third-order valence-electron chi connectivity index (χ3n) is 3.93. The Kier molecular flexibility index (Phi) is 5.26. The van der Waals surface area contributed by atoms with Crippen LogP contribution in [0.2, 0.25) is 0 Å². The number of rotatable bonds is 6. The molecule has 1 N–H and O–H groups in total. The van der Waals surface area contributed by atoms with Gasteiger partial charge in [-0.1, -0.05) is 42.5 Å². The minimum atomic E-state index is -0.0457. The lowest BCUT2D eigenvalue weighted by Gasteiger charge is -2.16. The van der Waals surface area contributed by atoms with E-state index in [2.05, 4.69) is 9.97 Å². The molecule has 2 aromatic carbocycles. The molecule has 5 heteroatoms. The number of imidazole rings is 1. The maximum absolute atomic E-state index is 12.6. The topological polar surface area (TPSA) is 58.2 Å². The van der Waals surface area contributed by atoms with Crippen LogP contribution < -0.4 is 0 Å². The fourth-order valence-corrected chi connectivity index (χ4v) is 2.68. The number of hydrogen-bond donors (Lipinski definition) is 1. The molecule has 0 aliphatic carbocycles. The molecule has 0 saturated heterocycles. The van der Waals surface area contributed by atoms with Crippen LogP contribution in [0.5, 0.6) is 0 Å². The van der Waals surface area contributed by atoms with Gasteiger partial charge in [-0.15, -0.1) is 0 Å². The van der Waals surface area contributed by atoms with Crippen LogP contribution in [0, 0.1) is 0 Å². The second-order valence-corrected chi connectivity index (χ2v) is 5.90. The summed E-state index contributed by atoms with van der Waals surface area (Å²) in [6.07, 6.45) is 1.79. The molecule has 1 heterocycles. The molecule has 3 rings (SSSR count). The van der Waals surface area contributed by atoms with Crippen LogP contribution in [0.25, 0.3) is 11.3 Å². The highest BCUT2D eigenvalue weighted by atomic mass is 16.5. The van der Waals surface area contributed by atoms with E-state index in [0.717, 1.165) is 22.6 Å². The van der Waals surface area contributed by atoms with Gasteiger partial charge in [0.15, 0.2) is 0 Å². The van der Waals surface area contributed by atoms with Gasteiger partial charge in [-0.05, 0) is 23.3 Å². The first-order valence-electron chi connectivity index (χ1n) is 8.10. The van der Waals surface area contributed by atoms with Gasteiger partial charge in [-0.25, -0.2) is 4.98 Å². The molecular formula is C20H21N3O2. The van der Waals surface area contributed by atoms with Crippen LogP contribution in [0.1, 0.15) is 21.7 Å². The zero-order valence-corrected chi connectivity index (χ0v) is 14.4. The summed E-state index contributed by atoms with van der Waals surface area (Å²) in [7, 11) is 3.41. The summed E-state index contributed by atoms with van der Waals surface area (Å²) in [6, 6.07) is 17.5. The number of H-pyrrole nitrogens is 1. The third kappa shape index (κ3) is 4.14. The smallest absolute Gasteiger partial charge is 0.254 e. The minimum absolute atomic E-state index is 0.0457. The van der Waals surface area contributed by atoms with Gasteiger partial charge in [0.05, 0.1) is 25.0 Å². The predicted molar refractivity (Wildman–Crippen MR) is 97.0 cm³/mol. The molecule has 0 aliphatic rings. The predicted octanol–water partition coefficient (Wildman–Crippen LogP) is 3.50. The zero-order valence-electron chi connectivity index (χ0n) is 14.4. The maximum atomic E-state index is 12.6. The van der Waals surface area contributed by atoms with E-state index in [0.29, 0.717) is 18.7 Å². The van der Waals surface area contributed by atoms with Crippen molar-refractivity contribution in [3.63, 3.8) is 0 Å².